The summed E-state index contributed by atoms with van der Waals surface area (Å²) in [6, 6.07) is 11.8. The van der Waals surface area contributed by atoms with Crippen molar-refractivity contribution in [1.29, 1.82) is 0 Å². The van der Waals surface area contributed by atoms with Gasteiger partial charge in [-0.2, -0.15) is 5.10 Å². The van der Waals surface area contributed by atoms with Crippen LogP contribution >= 0.6 is 12.4 Å². The summed E-state index contributed by atoms with van der Waals surface area (Å²) in [5.41, 5.74) is 4.30. The van der Waals surface area contributed by atoms with E-state index in [4.69, 9.17) is 14.2 Å². The number of piperazine rings is 1. The lowest BCUT2D eigenvalue weighted by Gasteiger charge is -2.28. The average molecular weight is 540 g/mol. The Labute approximate surface area is 228 Å². The third-order valence-electron chi connectivity index (χ3n) is 6.98. The summed E-state index contributed by atoms with van der Waals surface area (Å²) in [5.74, 6) is 2.32. The van der Waals surface area contributed by atoms with Gasteiger partial charge in [-0.05, 0) is 35.4 Å². The monoisotopic (exact) mass is 539 g/mol. The van der Waals surface area contributed by atoms with E-state index in [1.54, 1.807) is 43.8 Å². The molecule has 1 saturated heterocycles. The van der Waals surface area contributed by atoms with Gasteiger partial charge in [0.1, 0.15) is 22.8 Å². The number of aryl methyl sites for hydroxylation is 1. The minimum absolute atomic E-state index is 0. The number of pyridine rings is 1. The zero-order valence-corrected chi connectivity index (χ0v) is 23.0. The molecule has 0 atom stereocenters. The molecule has 38 heavy (non-hydrogen) atoms. The molecule has 4 aromatic rings. The number of benzene rings is 2. The van der Waals surface area contributed by atoms with E-state index in [1.807, 2.05) is 42.6 Å². The highest BCUT2D eigenvalue weighted by Crippen LogP contribution is 2.38. The number of methoxy groups -OCH3 is 3. The molecule has 2 aromatic heterocycles. The summed E-state index contributed by atoms with van der Waals surface area (Å²) in [5, 5.41) is 8.78. The van der Waals surface area contributed by atoms with Gasteiger partial charge in [0.25, 0.3) is 5.56 Å². The first-order valence-corrected chi connectivity index (χ1v) is 12.4. The largest absolute Gasteiger partial charge is 0.497 e. The predicted molar refractivity (Wildman–Crippen MR) is 151 cm³/mol. The van der Waals surface area contributed by atoms with Gasteiger partial charge in [0.05, 0.1) is 39.6 Å². The summed E-state index contributed by atoms with van der Waals surface area (Å²) >= 11 is 0. The fourth-order valence-corrected chi connectivity index (χ4v) is 4.94. The van der Waals surface area contributed by atoms with E-state index in [9.17, 15) is 4.79 Å². The van der Waals surface area contributed by atoms with Crippen molar-refractivity contribution in [1.82, 2.24) is 24.6 Å². The van der Waals surface area contributed by atoms with Crippen molar-refractivity contribution in [2.75, 3.05) is 47.5 Å². The Morgan fingerprint density at radius 1 is 0.947 bits per heavy atom. The first-order chi connectivity index (χ1) is 18.0. The topological polar surface area (TPSA) is 82.8 Å². The molecule has 0 aliphatic carbocycles. The number of fused-ring (bicyclic) bond motifs is 1. The molecule has 10 heteroatoms. The molecule has 1 N–H and O–H groups in total. The summed E-state index contributed by atoms with van der Waals surface area (Å²) in [7, 11) is 6.78. The molecule has 9 nitrogen and oxygen atoms in total. The number of hydrogen-bond donors (Lipinski definition) is 1. The quantitative estimate of drug-likeness (QED) is 0.368. The highest BCUT2D eigenvalue weighted by atomic mass is 35.5. The molecule has 3 heterocycles. The van der Waals surface area contributed by atoms with E-state index >= 15 is 0 Å². The molecule has 0 spiro atoms. The van der Waals surface area contributed by atoms with Gasteiger partial charge in [-0.3, -0.25) is 14.4 Å². The summed E-state index contributed by atoms with van der Waals surface area (Å²) in [6.07, 6.45) is 3.62. The fourth-order valence-electron chi connectivity index (χ4n) is 4.94. The number of halogens is 1. The van der Waals surface area contributed by atoms with Crippen LogP contribution in [0, 0.1) is 0 Å². The highest BCUT2D eigenvalue weighted by molar-refractivity contribution is 5.94. The Morgan fingerprint density at radius 2 is 1.61 bits per heavy atom. The van der Waals surface area contributed by atoms with Crippen LogP contribution in [0.1, 0.15) is 11.1 Å². The summed E-state index contributed by atoms with van der Waals surface area (Å²) in [6.45, 7) is 5.11. The number of nitrogens with one attached hydrogen (secondary N) is 1. The van der Waals surface area contributed by atoms with Crippen molar-refractivity contribution < 1.29 is 14.2 Å². The molecule has 5 rings (SSSR count). The first kappa shape index (κ1) is 27.5. The third kappa shape index (κ3) is 5.36. The zero-order chi connectivity index (χ0) is 25.9. The molecular formula is C28H34ClN5O4. The van der Waals surface area contributed by atoms with Crippen LogP contribution in [-0.2, 0) is 20.1 Å². The zero-order valence-electron chi connectivity index (χ0n) is 22.2. The highest BCUT2D eigenvalue weighted by Gasteiger charge is 2.21. The molecular weight excluding hydrogens is 506 g/mol. The van der Waals surface area contributed by atoms with Crippen LogP contribution in [0.25, 0.3) is 22.0 Å². The molecule has 2 aromatic carbocycles. The molecule has 0 amide bonds. The minimum Gasteiger partial charge on any atom is -0.497 e. The smallest absolute Gasteiger partial charge is 0.276 e. The number of nitrogens with zero attached hydrogens (tertiary/aromatic N) is 4. The van der Waals surface area contributed by atoms with Crippen molar-refractivity contribution in [3.8, 4) is 28.4 Å². The Hall–Kier alpha value is -3.53. The van der Waals surface area contributed by atoms with Gasteiger partial charge in [-0.1, -0.05) is 12.1 Å². The maximum Gasteiger partial charge on any atom is 0.276 e. The van der Waals surface area contributed by atoms with E-state index in [0.717, 1.165) is 77.6 Å². The Kier molecular flexibility index (Phi) is 8.61. The third-order valence-corrected chi connectivity index (χ3v) is 6.98. The van der Waals surface area contributed by atoms with E-state index in [-0.39, 0.29) is 18.0 Å². The molecule has 0 radical (unpaired) electrons. The van der Waals surface area contributed by atoms with Crippen LogP contribution in [0.15, 0.2) is 53.6 Å². The van der Waals surface area contributed by atoms with E-state index < -0.39 is 0 Å². The van der Waals surface area contributed by atoms with Gasteiger partial charge in [0.2, 0.25) is 0 Å². The van der Waals surface area contributed by atoms with Crippen LogP contribution in [0.4, 0.5) is 0 Å². The standard InChI is InChI=1S/C28H33N5O4.ClH/c1-31-17-23(20-13-25(36-3)24(26(14-20)37-4)18-32-11-9-29-10-12-32)22-15-30-33(27(22)28(31)34)16-19-5-7-21(35-2)8-6-19;/h5-8,13-15,17,29H,9-12,16,18H2,1-4H3;1H. The minimum atomic E-state index is -0.0981. The molecule has 1 aliphatic rings. The Morgan fingerprint density at radius 3 is 2.21 bits per heavy atom. The molecule has 202 valence electrons. The fraction of sp³-hybridized carbons (Fsp3) is 0.357. The molecule has 1 fully saturated rings. The normalized spacial score (nSPS) is 13.8. The first-order valence-electron chi connectivity index (χ1n) is 12.4. The van der Waals surface area contributed by atoms with Crippen molar-refractivity contribution in [2.45, 2.75) is 13.1 Å². The number of aromatic nitrogens is 3. The van der Waals surface area contributed by atoms with Crippen molar-refractivity contribution in [2.24, 2.45) is 7.05 Å². The summed E-state index contributed by atoms with van der Waals surface area (Å²) < 4.78 is 20.3. The van der Waals surface area contributed by atoms with Crippen LogP contribution in [0.3, 0.4) is 0 Å². The van der Waals surface area contributed by atoms with Gasteiger partial charge >= 0.3 is 0 Å². The van der Waals surface area contributed by atoms with Gasteiger partial charge in [0.15, 0.2) is 0 Å². The number of hydrogen-bond acceptors (Lipinski definition) is 7. The molecule has 0 unspecified atom stereocenters. The van der Waals surface area contributed by atoms with E-state index in [0.29, 0.717) is 12.1 Å². The number of rotatable bonds is 8. The predicted octanol–water partition coefficient (Wildman–Crippen LogP) is 3.30. The van der Waals surface area contributed by atoms with Gasteiger partial charge in [-0.25, -0.2) is 0 Å². The van der Waals surface area contributed by atoms with Crippen LogP contribution in [-0.4, -0.2) is 66.8 Å². The van der Waals surface area contributed by atoms with Gasteiger partial charge < -0.3 is 24.1 Å². The van der Waals surface area contributed by atoms with Crippen molar-refractivity contribution in [3.63, 3.8) is 0 Å². The lowest BCUT2D eigenvalue weighted by atomic mass is 10.00. The maximum atomic E-state index is 13.2. The van der Waals surface area contributed by atoms with Crippen molar-refractivity contribution >= 4 is 23.3 Å². The van der Waals surface area contributed by atoms with Crippen LogP contribution < -0.4 is 25.1 Å². The second kappa shape index (κ2) is 11.9. The average Bonchev–Trinajstić information content (AvgIpc) is 3.35. The van der Waals surface area contributed by atoms with E-state index in [1.165, 1.54) is 0 Å². The number of ether oxygens (including phenoxy) is 3. The lowest BCUT2D eigenvalue weighted by molar-refractivity contribution is 0.226. The molecule has 0 saturated carbocycles. The second-order valence-corrected chi connectivity index (χ2v) is 9.26. The lowest BCUT2D eigenvalue weighted by Crippen LogP contribution is -2.43. The van der Waals surface area contributed by atoms with Gasteiger partial charge in [-0.15, -0.1) is 12.4 Å². The van der Waals surface area contributed by atoms with Crippen LogP contribution in [0.5, 0.6) is 17.2 Å². The van der Waals surface area contributed by atoms with Crippen LogP contribution in [0.2, 0.25) is 0 Å². The Balaban J connectivity index is 0.00000336. The summed E-state index contributed by atoms with van der Waals surface area (Å²) in [4.78, 5) is 15.6. The molecule has 0 bridgehead atoms. The molecule has 1 aliphatic heterocycles. The maximum absolute atomic E-state index is 13.2. The second-order valence-electron chi connectivity index (χ2n) is 9.26. The van der Waals surface area contributed by atoms with Gasteiger partial charge in [0, 0.05) is 56.9 Å². The Bertz CT molecular complexity index is 1430. The SMILES string of the molecule is COc1ccc(Cn2ncc3c(-c4cc(OC)c(CN5CCNCC5)c(OC)c4)cn(C)c(=O)c32)cc1.Cl. The van der Waals surface area contributed by atoms with E-state index in [2.05, 4.69) is 15.3 Å². The van der Waals surface area contributed by atoms with Crippen molar-refractivity contribution in [3.05, 3.63) is 70.3 Å².